The second-order valence-electron chi connectivity index (χ2n) is 11.8. The summed E-state index contributed by atoms with van der Waals surface area (Å²) in [5.41, 5.74) is -0.0557. The van der Waals surface area contributed by atoms with E-state index in [1.807, 2.05) is 19.1 Å². The Morgan fingerprint density at radius 3 is 1.88 bits per heavy atom. The summed E-state index contributed by atoms with van der Waals surface area (Å²) in [6.45, 7) is 1.95. The van der Waals surface area contributed by atoms with E-state index in [-0.39, 0.29) is 12.0 Å². The molecule has 0 saturated heterocycles. The van der Waals surface area contributed by atoms with E-state index in [4.69, 9.17) is 0 Å². The lowest BCUT2D eigenvalue weighted by Crippen LogP contribution is -2.25. The highest BCUT2D eigenvalue weighted by Gasteiger charge is 2.38. The SMILES string of the molecule is CCCC/C(F)=C(\F)c1ccc(C2CCC(C3CCC(CCc4cc(F)c(C(F)(F)F)c(F)c4)CC3)CC2)cc1. The molecule has 2 fully saturated rings. The molecule has 7 heteroatoms. The van der Waals surface area contributed by atoms with E-state index in [0.717, 1.165) is 76.3 Å². The molecule has 2 aliphatic carbocycles. The van der Waals surface area contributed by atoms with Crippen LogP contribution in [0.2, 0.25) is 0 Å². The zero-order valence-corrected chi connectivity index (χ0v) is 23.1. The topological polar surface area (TPSA) is 0 Å². The van der Waals surface area contributed by atoms with Gasteiger partial charge < -0.3 is 0 Å². The lowest BCUT2D eigenvalue weighted by atomic mass is 9.68. The molecule has 0 aliphatic heterocycles. The molecule has 0 spiro atoms. The first-order valence-corrected chi connectivity index (χ1v) is 14.8. The number of halogens is 7. The second-order valence-corrected chi connectivity index (χ2v) is 11.8. The van der Waals surface area contributed by atoms with Crippen LogP contribution in [0.3, 0.4) is 0 Å². The van der Waals surface area contributed by atoms with E-state index in [9.17, 15) is 30.7 Å². The Hall–Kier alpha value is -2.31. The summed E-state index contributed by atoms with van der Waals surface area (Å²) in [5.74, 6) is -2.33. The molecule has 0 unspecified atom stereocenters. The maximum atomic E-state index is 14.4. The van der Waals surface area contributed by atoms with E-state index in [0.29, 0.717) is 42.1 Å². The molecule has 220 valence electrons. The Labute approximate surface area is 233 Å². The number of benzene rings is 2. The molecule has 2 aromatic rings. The molecule has 40 heavy (non-hydrogen) atoms. The molecular formula is C33H39F7. The van der Waals surface area contributed by atoms with Gasteiger partial charge in [0, 0.05) is 12.0 Å². The quantitative estimate of drug-likeness (QED) is 0.264. The van der Waals surface area contributed by atoms with Crippen LogP contribution < -0.4 is 0 Å². The van der Waals surface area contributed by atoms with Crippen molar-refractivity contribution in [3.8, 4) is 0 Å². The third kappa shape index (κ3) is 7.70. The van der Waals surface area contributed by atoms with Crippen LogP contribution in [0.25, 0.3) is 5.83 Å². The minimum atomic E-state index is -5.04. The van der Waals surface area contributed by atoms with Gasteiger partial charge in [-0.3, -0.25) is 0 Å². The lowest BCUT2D eigenvalue weighted by molar-refractivity contribution is -0.142. The molecule has 4 rings (SSSR count). The predicted molar refractivity (Wildman–Crippen MR) is 145 cm³/mol. The van der Waals surface area contributed by atoms with Crippen molar-refractivity contribution in [2.24, 2.45) is 17.8 Å². The molecule has 2 aromatic carbocycles. The fourth-order valence-corrected chi connectivity index (χ4v) is 6.78. The number of hydrogen-bond acceptors (Lipinski definition) is 0. The van der Waals surface area contributed by atoms with Crippen molar-refractivity contribution >= 4 is 5.83 Å². The highest BCUT2D eigenvalue weighted by atomic mass is 19.4. The lowest BCUT2D eigenvalue weighted by Gasteiger charge is -2.38. The van der Waals surface area contributed by atoms with Crippen molar-refractivity contribution in [1.82, 2.24) is 0 Å². The Bertz CT molecular complexity index is 1110. The van der Waals surface area contributed by atoms with E-state index >= 15 is 0 Å². The van der Waals surface area contributed by atoms with Gasteiger partial charge in [0.05, 0.1) is 0 Å². The molecule has 0 amide bonds. The van der Waals surface area contributed by atoms with Gasteiger partial charge in [-0.15, -0.1) is 0 Å². The average Bonchev–Trinajstić information content (AvgIpc) is 2.94. The van der Waals surface area contributed by atoms with Gasteiger partial charge in [0.25, 0.3) is 0 Å². The Kier molecular flexibility index (Phi) is 10.4. The molecule has 0 bridgehead atoms. The van der Waals surface area contributed by atoms with Crippen LogP contribution in [-0.2, 0) is 12.6 Å². The van der Waals surface area contributed by atoms with Crippen LogP contribution in [-0.4, -0.2) is 0 Å². The second kappa shape index (κ2) is 13.6. The molecule has 0 N–H and O–H groups in total. The Morgan fingerprint density at radius 1 is 0.800 bits per heavy atom. The molecule has 2 aliphatic rings. The summed E-state index contributed by atoms with van der Waals surface area (Å²) in [4.78, 5) is 0. The molecule has 2 saturated carbocycles. The maximum absolute atomic E-state index is 14.4. The minimum absolute atomic E-state index is 0.134. The highest BCUT2D eigenvalue weighted by molar-refractivity contribution is 5.61. The van der Waals surface area contributed by atoms with Gasteiger partial charge in [-0.1, -0.05) is 50.5 Å². The van der Waals surface area contributed by atoms with Gasteiger partial charge in [-0.05, 0) is 105 Å². The van der Waals surface area contributed by atoms with Crippen molar-refractivity contribution in [1.29, 1.82) is 0 Å². The summed E-state index contributed by atoms with van der Waals surface area (Å²) in [6, 6.07) is 8.90. The zero-order chi connectivity index (χ0) is 28.9. The van der Waals surface area contributed by atoms with E-state index in [1.54, 1.807) is 12.1 Å². The summed E-state index contributed by atoms with van der Waals surface area (Å²) in [7, 11) is 0. The number of hydrogen-bond donors (Lipinski definition) is 0. The fraction of sp³-hybridized carbons (Fsp3) is 0.576. The molecule has 0 atom stereocenters. The largest absolute Gasteiger partial charge is 0.422 e. The van der Waals surface area contributed by atoms with Crippen LogP contribution in [0, 0.1) is 29.4 Å². The first-order chi connectivity index (χ1) is 19.1. The van der Waals surface area contributed by atoms with Crippen LogP contribution in [0.4, 0.5) is 30.7 Å². The van der Waals surface area contributed by atoms with Crippen LogP contribution in [0.5, 0.6) is 0 Å². The van der Waals surface area contributed by atoms with Gasteiger partial charge in [-0.25, -0.2) is 17.6 Å². The first kappa shape index (κ1) is 30.6. The predicted octanol–water partition coefficient (Wildman–Crippen LogP) is 11.5. The summed E-state index contributed by atoms with van der Waals surface area (Å²) in [6.07, 6.45) is 6.38. The smallest absolute Gasteiger partial charge is 0.209 e. The maximum Gasteiger partial charge on any atom is 0.422 e. The van der Waals surface area contributed by atoms with E-state index < -0.39 is 35.0 Å². The Morgan fingerprint density at radius 2 is 1.35 bits per heavy atom. The summed E-state index contributed by atoms with van der Waals surface area (Å²) >= 11 is 0. The summed E-state index contributed by atoms with van der Waals surface area (Å²) < 4.78 is 94.6. The molecule has 0 heterocycles. The van der Waals surface area contributed by atoms with Gasteiger partial charge in [0.1, 0.15) is 23.0 Å². The van der Waals surface area contributed by atoms with Crippen LogP contribution in [0.1, 0.15) is 112 Å². The number of allylic oxidation sites excluding steroid dienone is 1. The van der Waals surface area contributed by atoms with E-state index in [2.05, 4.69) is 0 Å². The van der Waals surface area contributed by atoms with Crippen molar-refractivity contribution in [2.45, 2.75) is 102 Å². The third-order valence-corrected chi connectivity index (χ3v) is 9.18. The minimum Gasteiger partial charge on any atom is -0.209 e. The fourth-order valence-electron chi connectivity index (χ4n) is 6.78. The molecular weight excluding hydrogens is 529 g/mol. The number of aryl methyl sites for hydroxylation is 1. The van der Waals surface area contributed by atoms with Crippen molar-refractivity contribution < 1.29 is 30.7 Å². The normalized spacial score (nSPS) is 24.6. The van der Waals surface area contributed by atoms with Gasteiger partial charge >= 0.3 is 6.18 Å². The van der Waals surface area contributed by atoms with Crippen molar-refractivity contribution in [3.05, 3.63) is 76.1 Å². The standard InChI is InChI=1S/C33H39F7/c1-2-3-4-28(34)32(37)27-17-15-26(16-18-27)25-13-11-24(12-14-25)23-9-7-21(8-10-23)5-6-22-19-29(35)31(30(36)20-22)33(38,39)40/h15-21,23-25H,2-14H2,1H3/b32-28+. The Balaban J connectivity index is 1.22. The number of alkyl halides is 3. The molecule has 0 aromatic heterocycles. The third-order valence-electron chi connectivity index (χ3n) is 9.18. The van der Waals surface area contributed by atoms with E-state index in [1.165, 1.54) is 5.56 Å². The van der Waals surface area contributed by atoms with Crippen molar-refractivity contribution in [3.63, 3.8) is 0 Å². The van der Waals surface area contributed by atoms with Gasteiger partial charge in [0.2, 0.25) is 0 Å². The zero-order valence-electron chi connectivity index (χ0n) is 23.1. The molecule has 0 nitrogen and oxygen atoms in total. The van der Waals surface area contributed by atoms with Gasteiger partial charge in [-0.2, -0.15) is 13.2 Å². The van der Waals surface area contributed by atoms with Crippen LogP contribution >= 0.6 is 0 Å². The van der Waals surface area contributed by atoms with Crippen molar-refractivity contribution in [2.75, 3.05) is 0 Å². The monoisotopic (exact) mass is 568 g/mol. The van der Waals surface area contributed by atoms with Gasteiger partial charge in [0.15, 0.2) is 5.83 Å². The van der Waals surface area contributed by atoms with Crippen LogP contribution in [0.15, 0.2) is 42.2 Å². The molecule has 0 radical (unpaired) electrons. The first-order valence-electron chi connectivity index (χ1n) is 14.8. The highest BCUT2D eigenvalue weighted by Crippen LogP contribution is 2.45. The summed E-state index contributed by atoms with van der Waals surface area (Å²) in [5, 5.41) is 0. The average molecular weight is 569 g/mol. The number of rotatable bonds is 9. The number of unbranched alkanes of at least 4 members (excludes halogenated alkanes) is 1.